The van der Waals surface area contributed by atoms with Crippen molar-refractivity contribution in [2.75, 3.05) is 5.32 Å². The number of urea groups is 1. The van der Waals surface area contributed by atoms with Gasteiger partial charge in [0.25, 0.3) is 0 Å². The van der Waals surface area contributed by atoms with Crippen molar-refractivity contribution in [2.24, 2.45) is 16.3 Å². The van der Waals surface area contributed by atoms with Crippen LogP contribution in [-0.4, -0.2) is 65.2 Å². The number of nitrogens with zero attached hydrogens (tertiary/aromatic N) is 1. The minimum absolute atomic E-state index is 0.0832. The third-order valence-corrected chi connectivity index (χ3v) is 6.97. The zero-order valence-electron chi connectivity index (χ0n) is 29.2. The number of hydrazone groups is 1. The SMILES string of the molecule is CC(C)(C)OC(=O)CCC(NC(=O)C1(C(=O)NC(C=O)CC(=NNC(N)=O)OC(C)(C)C)CC1)C(=O)Nc1cccc(Oc2ccccc2)c1. The van der Waals surface area contributed by atoms with Crippen molar-refractivity contribution in [1.29, 1.82) is 0 Å². The molecular weight excluding hydrogens is 648 g/mol. The van der Waals surface area contributed by atoms with Gasteiger partial charge in [0.15, 0.2) is 0 Å². The number of anilines is 1. The molecule has 1 aliphatic carbocycles. The Hall–Kier alpha value is -5.47. The van der Waals surface area contributed by atoms with Crippen LogP contribution in [0.4, 0.5) is 10.5 Å². The summed E-state index contributed by atoms with van der Waals surface area (Å²) < 4.78 is 16.9. The van der Waals surface area contributed by atoms with Crippen molar-refractivity contribution < 1.29 is 43.0 Å². The van der Waals surface area contributed by atoms with E-state index in [2.05, 4.69) is 21.1 Å². The van der Waals surface area contributed by atoms with Gasteiger partial charge in [-0.05, 0) is 85.1 Å². The van der Waals surface area contributed by atoms with Crippen LogP contribution in [0.1, 0.15) is 73.6 Å². The molecule has 2 atom stereocenters. The lowest BCUT2D eigenvalue weighted by Crippen LogP contribution is -2.52. The molecule has 1 aliphatic rings. The first-order valence-electron chi connectivity index (χ1n) is 16.1. The fraction of sp³-hybridized carbons (Fsp3) is 0.457. The first-order valence-corrected chi connectivity index (χ1v) is 16.1. The number of aldehydes is 1. The summed E-state index contributed by atoms with van der Waals surface area (Å²) in [5.41, 5.74) is 4.41. The van der Waals surface area contributed by atoms with Crippen molar-refractivity contribution >= 4 is 47.6 Å². The Morgan fingerprint density at radius 1 is 0.880 bits per heavy atom. The molecule has 0 heterocycles. The minimum atomic E-state index is -1.57. The van der Waals surface area contributed by atoms with E-state index in [9.17, 15) is 28.8 Å². The average Bonchev–Trinajstić information content (AvgIpc) is 3.83. The van der Waals surface area contributed by atoms with Crippen molar-refractivity contribution in [2.45, 2.75) is 96.9 Å². The summed E-state index contributed by atoms with van der Waals surface area (Å²) in [7, 11) is 0. The van der Waals surface area contributed by atoms with Crippen LogP contribution in [0.3, 0.4) is 0 Å². The number of amides is 5. The van der Waals surface area contributed by atoms with Crippen LogP contribution in [0.2, 0.25) is 0 Å². The standard InChI is InChI=1S/C35H46N6O9/c1-33(2,3)49-27(40-41-32(36)47)20-23(21-42)38-30(45)35(17-18-35)31(46)39-26(15-16-28(43)50-34(4,5)6)29(44)37-22-11-10-14-25(19-22)48-24-12-8-7-9-13-24/h7-14,19,21,23,26H,15-18,20H2,1-6H3,(H,37,44)(H,38,45)(H,39,46)(H3,36,41,47). The number of benzene rings is 2. The summed E-state index contributed by atoms with van der Waals surface area (Å²) in [5.74, 6) is -1.74. The van der Waals surface area contributed by atoms with Gasteiger partial charge in [-0.3, -0.25) is 19.2 Å². The number of ether oxygens (including phenoxy) is 3. The van der Waals surface area contributed by atoms with E-state index in [1.54, 1.807) is 77.9 Å². The summed E-state index contributed by atoms with van der Waals surface area (Å²) in [6.45, 7) is 10.3. The second kappa shape index (κ2) is 16.8. The number of hydrogen-bond acceptors (Lipinski definition) is 10. The van der Waals surface area contributed by atoms with Crippen LogP contribution >= 0.6 is 0 Å². The summed E-state index contributed by atoms with van der Waals surface area (Å²) in [4.78, 5) is 76.3. The van der Waals surface area contributed by atoms with Gasteiger partial charge in [-0.25, -0.2) is 10.2 Å². The van der Waals surface area contributed by atoms with Gasteiger partial charge in [-0.15, -0.1) is 5.10 Å². The van der Waals surface area contributed by atoms with Crippen molar-refractivity contribution in [3.8, 4) is 11.5 Å². The molecule has 50 heavy (non-hydrogen) atoms. The van der Waals surface area contributed by atoms with E-state index in [4.69, 9.17) is 19.9 Å². The predicted molar refractivity (Wildman–Crippen MR) is 184 cm³/mol. The number of primary amides is 1. The van der Waals surface area contributed by atoms with E-state index in [1.807, 2.05) is 23.6 Å². The van der Waals surface area contributed by atoms with Gasteiger partial charge in [0.1, 0.15) is 40.4 Å². The lowest BCUT2D eigenvalue weighted by Gasteiger charge is -2.25. The number of rotatable bonds is 15. The van der Waals surface area contributed by atoms with Crippen LogP contribution in [0.25, 0.3) is 0 Å². The number of carbonyl (C=O) groups excluding carboxylic acids is 6. The molecule has 15 nitrogen and oxygen atoms in total. The third-order valence-electron chi connectivity index (χ3n) is 6.97. The highest BCUT2D eigenvalue weighted by Crippen LogP contribution is 2.46. The van der Waals surface area contributed by atoms with E-state index in [0.717, 1.165) is 0 Å². The smallest absolute Gasteiger partial charge is 0.332 e. The van der Waals surface area contributed by atoms with Gasteiger partial charge in [0, 0.05) is 18.2 Å². The van der Waals surface area contributed by atoms with Gasteiger partial charge in [-0.1, -0.05) is 24.3 Å². The number of nitrogens with two attached hydrogens (primary N) is 1. The van der Waals surface area contributed by atoms with Crippen LogP contribution in [0.5, 0.6) is 11.5 Å². The monoisotopic (exact) mass is 694 g/mol. The summed E-state index contributed by atoms with van der Waals surface area (Å²) in [6, 6.07) is 12.3. The highest BCUT2D eigenvalue weighted by atomic mass is 16.6. The van der Waals surface area contributed by atoms with Gasteiger partial charge in [0.05, 0.1) is 12.5 Å². The number of carbonyl (C=O) groups is 6. The molecular formula is C35H46N6O9. The normalized spacial score (nSPS) is 15.0. The zero-order valence-corrected chi connectivity index (χ0v) is 29.2. The highest BCUT2D eigenvalue weighted by molar-refractivity contribution is 6.10. The number of para-hydroxylation sites is 1. The summed E-state index contributed by atoms with van der Waals surface area (Å²) >= 11 is 0. The third kappa shape index (κ3) is 12.9. The predicted octanol–water partition coefficient (Wildman–Crippen LogP) is 3.68. The average molecular weight is 695 g/mol. The molecule has 5 amide bonds. The Labute approximate surface area is 291 Å². The van der Waals surface area contributed by atoms with E-state index >= 15 is 0 Å². The molecule has 0 radical (unpaired) electrons. The molecule has 0 aliphatic heterocycles. The highest BCUT2D eigenvalue weighted by Gasteiger charge is 2.57. The van der Waals surface area contributed by atoms with Crippen molar-refractivity contribution in [3.05, 3.63) is 54.6 Å². The fourth-order valence-corrected chi connectivity index (χ4v) is 4.60. The molecule has 1 fully saturated rings. The minimum Gasteiger partial charge on any atom is -0.474 e. The zero-order chi connectivity index (χ0) is 37.1. The number of nitrogens with one attached hydrogen (secondary N) is 4. The Bertz CT molecular complexity index is 1580. The largest absolute Gasteiger partial charge is 0.474 e. The topological polar surface area (TPSA) is 217 Å². The fourth-order valence-electron chi connectivity index (χ4n) is 4.60. The summed E-state index contributed by atoms with van der Waals surface area (Å²) in [5, 5.41) is 11.7. The van der Waals surface area contributed by atoms with Gasteiger partial charge >= 0.3 is 12.0 Å². The van der Waals surface area contributed by atoms with E-state index in [0.29, 0.717) is 23.5 Å². The molecule has 3 rings (SSSR count). The van der Waals surface area contributed by atoms with Gasteiger partial charge in [0.2, 0.25) is 23.6 Å². The van der Waals surface area contributed by atoms with Crippen LogP contribution in [-0.2, 0) is 33.4 Å². The second-order valence-corrected chi connectivity index (χ2v) is 13.8. The Morgan fingerprint density at radius 3 is 2.08 bits per heavy atom. The molecule has 1 saturated carbocycles. The van der Waals surface area contributed by atoms with Crippen LogP contribution in [0, 0.1) is 5.41 Å². The molecule has 2 unspecified atom stereocenters. The molecule has 15 heteroatoms. The van der Waals surface area contributed by atoms with E-state index in [-0.39, 0.29) is 38.0 Å². The maximum atomic E-state index is 13.6. The van der Waals surface area contributed by atoms with Crippen LogP contribution in [0.15, 0.2) is 59.7 Å². The quantitative estimate of drug-likeness (QED) is 0.0458. The molecule has 2 aromatic carbocycles. The summed E-state index contributed by atoms with van der Waals surface area (Å²) in [6.07, 6.45) is 0.172. The lowest BCUT2D eigenvalue weighted by atomic mass is 10.0. The van der Waals surface area contributed by atoms with Crippen molar-refractivity contribution in [1.82, 2.24) is 16.1 Å². The second-order valence-electron chi connectivity index (χ2n) is 13.8. The molecule has 0 bridgehead atoms. The molecule has 0 spiro atoms. The number of hydrogen-bond donors (Lipinski definition) is 5. The lowest BCUT2D eigenvalue weighted by molar-refractivity contribution is -0.155. The van der Waals surface area contributed by atoms with E-state index < -0.39 is 58.4 Å². The molecule has 6 N–H and O–H groups in total. The Morgan fingerprint density at radius 2 is 1.50 bits per heavy atom. The Balaban J connectivity index is 1.75. The first-order chi connectivity index (χ1) is 23.4. The van der Waals surface area contributed by atoms with E-state index in [1.165, 1.54) is 0 Å². The molecule has 270 valence electrons. The van der Waals surface area contributed by atoms with Crippen molar-refractivity contribution in [3.63, 3.8) is 0 Å². The molecule has 2 aromatic rings. The van der Waals surface area contributed by atoms with Gasteiger partial charge in [-0.2, -0.15) is 0 Å². The maximum Gasteiger partial charge on any atom is 0.332 e. The molecule has 0 saturated heterocycles. The molecule has 0 aromatic heterocycles. The Kier molecular flexibility index (Phi) is 13.1. The van der Waals surface area contributed by atoms with Gasteiger partial charge < -0.3 is 40.7 Å². The maximum absolute atomic E-state index is 13.6. The van der Waals surface area contributed by atoms with Crippen LogP contribution < -0.4 is 31.8 Å². The number of esters is 1. The first kappa shape index (κ1) is 39.0.